The third-order valence-corrected chi connectivity index (χ3v) is 3.22. The molecule has 0 saturated carbocycles. The van der Waals surface area contributed by atoms with Crippen LogP contribution in [-0.2, 0) is 11.3 Å². The lowest BCUT2D eigenvalue weighted by Crippen LogP contribution is -2.37. The lowest BCUT2D eigenvalue weighted by molar-refractivity contribution is -0.129. The maximum Gasteiger partial charge on any atom is 0.251 e. The van der Waals surface area contributed by atoms with Crippen molar-refractivity contribution in [3.8, 4) is 0 Å². The summed E-state index contributed by atoms with van der Waals surface area (Å²) in [6.07, 6.45) is 0. The second-order valence-electron chi connectivity index (χ2n) is 5.07. The number of halogens is 2. The normalized spacial score (nSPS) is 10.2. The van der Waals surface area contributed by atoms with E-state index in [1.807, 2.05) is 0 Å². The van der Waals surface area contributed by atoms with Crippen LogP contribution in [0.25, 0.3) is 0 Å². The van der Waals surface area contributed by atoms with E-state index in [4.69, 9.17) is 0 Å². The standard InChI is InChI=1S/C17H16F2N2O2/c1-21(11-12-4-2-6-14(18)8-12)16(22)10-20-17(23)13-5-3-7-15(19)9-13/h2-9H,10-11H2,1H3,(H,20,23). The molecule has 0 unspecified atom stereocenters. The van der Waals surface area contributed by atoms with Gasteiger partial charge in [-0.15, -0.1) is 0 Å². The minimum Gasteiger partial charge on any atom is -0.343 e. The molecule has 2 aromatic carbocycles. The first-order valence-corrected chi connectivity index (χ1v) is 6.98. The zero-order valence-electron chi connectivity index (χ0n) is 12.6. The molecule has 2 aromatic rings. The fraction of sp³-hybridized carbons (Fsp3) is 0.176. The van der Waals surface area contributed by atoms with Crippen molar-refractivity contribution in [2.45, 2.75) is 6.54 Å². The van der Waals surface area contributed by atoms with Crippen molar-refractivity contribution < 1.29 is 18.4 Å². The second-order valence-corrected chi connectivity index (χ2v) is 5.07. The van der Waals surface area contributed by atoms with E-state index in [9.17, 15) is 18.4 Å². The number of carbonyl (C=O) groups excluding carboxylic acids is 2. The van der Waals surface area contributed by atoms with Crippen LogP contribution in [-0.4, -0.2) is 30.3 Å². The van der Waals surface area contributed by atoms with Crippen LogP contribution in [0, 0.1) is 11.6 Å². The molecule has 4 nitrogen and oxygen atoms in total. The quantitative estimate of drug-likeness (QED) is 0.920. The number of likely N-dealkylation sites (N-methyl/N-ethyl adjacent to an activating group) is 1. The first-order chi connectivity index (χ1) is 11.0. The molecule has 0 heterocycles. The minimum absolute atomic E-state index is 0.144. The fourth-order valence-electron chi connectivity index (χ4n) is 2.02. The second kappa shape index (κ2) is 7.49. The molecule has 0 aliphatic carbocycles. The number of benzene rings is 2. The highest BCUT2D eigenvalue weighted by Gasteiger charge is 2.12. The average Bonchev–Trinajstić information content (AvgIpc) is 2.52. The Morgan fingerprint density at radius 2 is 1.70 bits per heavy atom. The summed E-state index contributed by atoms with van der Waals surface area (Å²) >= 11 is 0. The smallest absolute Gasteiger partial charge is 0.251 e. The zero-order chi connectivity index (χ0) is 16.8. The predicted octanol–water partition coefficient (Wildman–Crippen LogP) is 2.35. The zero-order valence-corrected chi connectivity index (χ0v) is 12.6. The van der Waals surface area contributed by atoms with Crippen molar-refractivity contribution in [2.75, 3.05) is 13.6 Å². The van der Waals surface area contributed by atoms with Gasteiger partial charge in [0.15, 0.2) is 0 Å². The highest BCUT2D eigenvalue weighted by molar-refractivity contribution is 5.96. The van der Waals surface area contributed by atoms with Crippen molar-refractivity contribution in [1.29, 1.82) is 0 Å². The van der Waals surface area contributed by atoms with E-state index in [0.29, 0.717) is 5.56 Å². The van der Waals surface area contributed by atoms with Crippen molar-refractivity contribution in [1.82, 2.24) is 10.2 Å². The molecular formula is C17H16F2N2O2. The molecule has 0 bridgehead atoms. The Morgan fingerprint density at radius 3 is 2.35 bits per heavy atom. The third-order valence-electron chi connectivity index (χ3n) is 3.22. The van der Waals surface area contributed by atoms with Gasteiger partial charge in [0.2, 0.25) is 5.91 Å². The number of hydrogen-bond donors (Lipinski definition) is 1. The van der Waals surface area contributed by atoms with E-state index in [1.54, 1.807) is 19.2 Å². The molecule has 2 rings (SSSR count). The minimum atomic E-state index is -0.531. The Morgan fingerprint density at radius 1 is 1.04 bits per heavy atom. The van der Waals surface area contributed by atoms with Gasteiger partial charge in [-0.25, -0.2) is 8.78 Å². The Balaban J connectivity index is 1.87. The van der Waals surface area contributed by atoms with Crippen molar-refractivity contribution >= 4 is 11.8 Å². The van der Waals surface area contributed by atoms with Crippen LogP contribution in [0.4, 0.5) is 8.78 Å². The van der Waals surface area contributed by atoms with Crippen molar-refractivity contribution in [3.05, 3.63) is 71.3 Å². The van der Waals surface area contributed by atoms with E-state index in [-0.39, 0.29) is 30.4 Å². The first kappa shape index (κ1) is 16.6. The van der Waals surface area contributed by atoms with Crippen LogP contribution in [0.1, 0.15) is 15.9 Å². The first-order valence-electron chi connectivity index (χ1n) is 6.98. The highest BCUT2D eigenvalue weighted by atomic mass is 19.1. The van der Waals surface area contributed by atoms with Crippen LogP contribution in [0.15, 0.2) is 48.5 Å². The van der Waals surface area contributed by atoms with Crippen LogP contribution < -0.4 is 5.32 Å². The molecule has 0 aliphatic rings. The van der Waals surface area contributed by atoms with E-state index < -0.39 is 11.7 Å². The Bertz CT molecular complexity index is 719. The lowest BCUT2D eigenvalue weighted by Gasteiger charge is -2.17. The van der Waals surface area contributed by atoms with Gasteiger partial charge in [0.1, 0.15) is 11.6 Å². The number of rotatable bonds is 5. The molecule has 0 saturated heterocycles. The largest absolute Gasteiger partial charge is 0.343 e. The molecule has 0 spiro atoms. The van der Waals surface area contributed by atoms with E-state index in [0.717, 1.165) is 6.07 Å². The number of hydrogen-bond acceptors (Lipinski definition) is 2. The highest BCUT2D eigenvalue weighted by Crippen LogP contribution is 2.06. The molecule has 0 radical (unpaired) electrons. The van der Waals surface area contributed by atoms with Crippen LogP contribution in [0.2, 0.25) is 0 Å². The summed E-state index contributed by atoms with van der Waals surface area (Å²) in [5.41, 5.74) is 0.794. The number of carbonyl (C=O) groups is 2. The van der Waals surface area contributed by atoms with Gasteiger partial charge >= 0.3 is 0 Å². The van der Waals surface area contributed by atoms with Gasteiger partial charge in [-0.1, -0.05) is 18.2 Å². The van der Waals surface area contributed by atoms with Crippen LogP contribution in [0.3, 0.4) is 0 Å². The summed E-state index contributed by atoms with van der Waals surface area (Å²) in [6.45, 7) is 0.00753. The number of nitrogens with zero attached hydrogens (tertiary/aromatic N) is 1. The number of nitrogens with one attached hydrogen (secondary N) is 1. The summed E-state index contributed by atoms with van der Waals surface area (Å²) in [4.78, 5) is 25.2. The van der Waals surface area contributed by atoms with Gasteiger partial charge in [0, 0.05) is 19.2 Å². The topological polar surface area (TPSA) is 49.4 Å². The lowest BCUT2D eigenvalue weighted by atomic mass is 10.2. The average molecular weight is 318 g/mol. The predicted molar refractivity (Wildman–Crippen MR) is 81.6 cm³/mol. The summed E-state index contributed by atoms with van der Waals surface area (Å²) < 4.78 is 26.1. The molecule has 0 aromatic heterocycles. The van der Waals surface area contributed by atoms with Crippen LogP contribution >= 0.6 is 0 Å². The van der Waals surface area contributed by atoms with Gasteiger partial charge < -0.3 is 10.2 Å². The van der Waals surface area contributed by atoms with Gasteiger partial charge in [-0.3, -0.25) is 9.59 Å². The van der Waals surface area contributed by atoms with Gasteiger partial charge in [0.25, 0.3) is 5.91 Å². The van der Waals surface area contributed by atoms with Crippen molar-refractivity contribution in [2.24, 2.45) is 0 Å². The number of amides is 2. The van der Waals surface area contributed by atoms with E-state index in [2.05, 4.69) is 5.32 Å². The summed E-state index contributed by atoms with van der Waals surface area (Å²) in [6, 6.07) is 11.1. The molecule has 120 valence electrons. The summed E-state index contributed by atoms with van der Waals surface area (Å²) in [5.74, 6) is -1.76. The van der Waals surface area contributed by atoms with E-state index >= 15 is 0 Å². The molecular weight excluding hydrogens is 302 g/mol. The Labute approximate surface area is 132 Å². The maximum absolute atomic E-state index is 13.1. The summed E-state index contributed by atoms with van der Waals surface area (Å²) in [7, 11) is 1.56. The fourth-order valence-corrected chi connectivity index (χ4v) is 2.02. The summed E-state index contributed by atoms with van der Waals surface area (Å²) in [5, 5.41) is 2.43. The Hall–Kier alpha value is -2.76. The maximum atomic E-state index is 13.1. The molecule has 0 fully saturated rings. The molecule has 6 heteroatoms. The monoisotopic (exact) mass is 318 g/mol. The van der Waals surface area contributed by atoms with Crippen LogP contribution in [0.5, 0.6) is 0 Å². The SMILES string of the molecule is CN(Cc1cccc(F)c1)C(=O)CNC(=O)c1cccc(F)c1. The van der Waals surface area contributed by atoms with Gasteiger partial charge in [-0.05, 0) is 35.9 Å². The Kier molecular flexibility index (Phi) is 5.41. The molecule has 0 atom stereocenters. The molecule has 1 N–H and O–H groups in total. The van der Waals surface area contributed by atoms with Gasteiger partial charge in [0.05, 0.1) is 6.54 Å². The molecule has 23 heavy (non-hydrogen) atoms. The van der Waals surface area contributed by atoms with E-state index in [1.165, 1.54) is 35.2 Å². The van der Waals surface area contributed by atoms with Gasteiger partial charge in [-0.2, -0.15) is 0 Å². The third kappa shape index (κ3) is 4.88. The van der Waals surface area contributed by atoms with Crippen molar-refractivity contribution in [3.63, 3.8) is 0 Å². The molecule has 0 aliphatic heterocycles. The molecule has 2 amide bonds.